The van der Waals surface area contributed by atoms with Crippen LogP contribution < -0.4 is 5.32 Å². The lowest BCUT2D eigenvalue weighted by Gasteiger charge is -2.18. The van der Waals surface area contributed by atoms with Crippen molar-refractivity contribution in [3.05, 3.63) is 47.8 Å². The third-order valence-corrected chi connectivity index (χ3v) is 4.87. The fourth-order valence-electron chi connectivity index (χ4n) is 3.73. The molecule has 0 amide bonds. The molecule has 2 heterocycles. The van der Waals surface area contributed by atoms with Gasteiger partial charge in [-0.15, -0.1) is 0 Å². The number of nitrogens with zero attached hydrogens (tertiary/aromatic N) is 2. The summed E-state index contributed by atoms with van der Waals surface area (Å²) in [5.41, 5.74) is 4.01. The van der Waals surface area contributed by atoms with Crippen LogP contribution in [0.25, 0.3) is 0 Å². The molecule has 3 atom stereocenters. The van der Waals surface area contributed by atoms with E-state index in [4.69, 9.17) is 4.74 Å². The van der Waals surface area contributed by atoms with Gasteiger partial charge in [-0.1, -0.05) is 31.2 Å². The van der Waals surface area contributed by atoms with E-state index in [1.165, 1.54) is 17.5 Å². The molecular formula is C18H23N3O. The molecule has 1 N–H and O–H groups in total. The van der Waals surface area contributed by atoms with E-state index in [1.54, 1.807) is 0 Å². The Kier molecular flexibility index (Phi) is 3.62. The quantitative estimate of drug-likeness (QED) is 0.940. The minimum absolute atomic E-state index is 0.332. The highest BCUT2D eigenvalue weighted by Crippen LogP contribution is 2.37. The van der Waals surface area contributed by atoms with Crippen LogP contribution in [0.4, 0.5) is 5.69 Å². The first kappa shape index (κ1) is 13.8. The molecule has 1 saturated heterocycles. The van der Waals surface area contributed by atoms with E-state index >= 15 is 0 Å². The fraction of sp³-hybridized carbons (Fsp3) is 0.500. The van der Waals surface area contributed by atoms with Crippen LogP contribution in [0.5, 0.6) is 0 Å². The summed E-state index contributed by atoms with van der Waals surface area (Å²) in [7, 11) is 0. The average Bonchev–Trinajstić information content (AvgIpc) is 3.23. The summed E-state index contributed by atoms with van der Waals surface area (Å²) < 4.78 is 7.69. The second-order valence-corrected chi connectivity index (χ2v) is 6.59. The van der Waals surface area contributed by atoms with E-state index < -0.39 is 0 Å². The van der Waals surface area contributed by atoms with Gasteiger partial charge in [0.2, 0.25) is 0 Å². The molecule has 4 rings (SSSR count). The monoisotopic (exact) mass is 297 g/mol. The van der Waals surface area contributed by atoms with Crippen molar-refractivity contribution in [3.63, 3.8) is 0 Å². The van der Waals surface area contributed by atoms with Crippen molar-refractivity contribution >= 4 is 5.69 Å². The number of ether oxygens (including phenoxy) is 1. The zero-order chi connectivity index (χ0) is 14.9. The van der Waals surface area contributed by atoms with Gasteiger partial charge in [0, 0.05) is 12.8 Å². The second-order valence-electron chi connectivity index (χ2n) is 6.59. The molecule has 2 aliphatic rings. The van der Waals surface area contributed by atoms with Crippen LogP contribution in [0, 0.1) is 5.92 Å². The highest BCUT2D eigenvalue weighted by molar-refractivity contribution is 5.46. The van der Waals surface area contributed by atoms with Crippen LogP contribution in [-0.2, 0) is 17.7 Å². The lowest BCUT2D eigenvalue weighted by molar-refractivity contribution is 0.0940. The van der Waals surface area contributed by atoms with Crippen molar-refractivity contribution in [2.45, 2.75) is 44.9 Å². The minimum Gasteiger partial charge on any atom is -0.376 e. The normalized spacial score (nSPS) is 27.0. The summed E-state index contributed by atoms with van der Waals surface area (Å²) in [5.74, 6) is 0.610. The van der Waals surface area contributed by atoms with Gasteiger partial charge in [0.15, 0.2) is 0 Å². The Bertz CT molecular complexity index is 645. The molecule has 1 fully saturated rings. The average molecular weight is 297 g/mol. The van der Waals surface area contributed by atoms with Crippen molar-refractivity contribution in [1.82, 2.24) is 9.78 Å². The van der Waals surface area contributed by atoms with Gasteiger partial charge in [-0.25, -0.2) is 0 Å². The number of nitrogens with one attached hydrogen (secondary N) is 1. The summed E-state index contributed by atoms with van der Waals surface area (Å²) >= 11 is 0. The van der Waals surface area contributed by atoms with Gasteiger partial charge in [0.1, 0.15) is 0 Å². The molecular weight excluding hydrogens is 274 g/mol. The fourth-order valence-corrected chi connectivity index (χ4v) is 3.73. The Morgan fingerprint density at radius 2 is 2.27 bits per heavy atom. The topological polar surface area (TPSA) is 39.1 Å². The number of hydrogen-bond donors (Lipinski definition) is 1. The number of rotatable bonds is 4. The molecule has 22 heavy (non-hydrogen) atoms. The van der Waals surface area contributed by atoms with Gasteiger partial charge in [-0.3, -0.25) is 4.68 Å². The number of fused-ring (bicyclic) bond motifs is 1. The maximum Gasteiger partial charge on any atom is 0.0771 e. The first-order valence-electron chi connectivity index (χ1n) is 8.28. The van der Waals surface area contributed by atoms with Crippen molar-refractivity contribution in [2.24, 2.45) is 5.92 Å². The number of benzene rings is 1. The van der Waals surface area contributed by atoms with Crippen LogP contribution in [0.1, 0.15) is 36.9 Å². The standard InChI is InChI=1S/C18H23N3O/c1-13-9-14-5-2-3-7-17(14)18(13)20-15-10-19-21(11-15)12-16-6-4-8-22-16/h2-3,5,7,10-11,13,16,18,20H,4,6,8-9,12H2,1H3/t13-,16+,18+/m1/s1. The Balaban J connectivity index is 1.46. The molecule has 1 aromatic heterocycles. The summed E-state index contributed by atoms with van der Waals surface area (Å²) in [5, 5.41) is 8.14. The van der Waals surface area contributed by atoms with Crippen LogP contribution in [0.15, 0.2) is 36.7 Å². The van der Waals surface area contributed by atoms with Crippen LogP contribution in [-0.4, -0.2) is 22.5 Å². The molecule has 0 spiro atoms. The largest absolute Gasteiger partial charge is 0.376 e. The predicted octanol–water partition coefficient (Wildman–Crippen LogP) is 3.41. The Morgan fingerprint density at radius 3 is 3.14 bits per heavy atom. The van der Waals surface area contributed by atoms with Crippen molar-refractivity contribution in [3.8, 4) is 0 Å². The molecule has 0 radical (unpaired) electrons. The maximum atomic E-state index is 5.68. The molecule has 0 unspecified atom stereocenters. The summed E-state index contributed by atoms with van der Waals surface area (Å²) in [6.07, 6.45) is 7.85. The van der Waals surface area contributed by atoms with E-state index in [0.717, 1.165) is 31.7 Å². The van der Waals surface area contributed by atoms with Gasteiger partial charge in [-0.05, 0) is 36.3 Å². The van der Waals surface area contributed by atoms with E-state index in [0.29, 0.717) is 18.1 Å². The van der Waals surface area contributed by atoms with Crippen molar-refractivity contribution < 1.29 is 4.74 Å². The zero-order valence-electron chi connectivity index (χ0n) is 13.0. The molecule has 0 saturated carbocycles. The first-order chi connectivity index (χ1) is 10.8. The van der Waals surface area contributed by atoms with Gasteiger partial charge < -0.3 is 10.1 Å². The predicted molar refractivity (Wildman–Crippen MR) is 86.9 cm³/mol. The lowest BCUT2D eigenvalue weighted by Crippen LogP contribution is -2.15. The number of aromatic nitrogens is 2. The molecule has 1 aliphatic carbocycles. The van der Waals surface area contributed by atoms with Gasteiger partial charge >= 0.3 is 0 Å². The van der Waals surface area contributed by atoms with Gasteiger partial charge in [-0.2, -0.15) is 5.10 Å². The van der Waals surface area contributed by atoms with E-state index in [9.17, 15) is 0 Å². The van der Waals surface area contributed by atoms with Crippen LogP contribution in [0.2, 0.25) is 0 Å². The smallest absolute Gasteiger partial charge is 0.0771 e. The summed E-state index contributed by atoms with van der Waals surface area (Å²) in [4.78, 5) is 0. The summed E-state index contributed by atoms with van der Waals surface area (Å²) in [6, 6.07) is 9.14. The molecule has 0 bridgehead atoms. The SMILES string of the molecule is C[C@@H]1Cc2ccccc2[C@H]1Nc1cnn(C[C@@H]2CCCO2)c1. The third kappa shape index (κ3) is 2.63. The molecule has 1 aliphatic heterocycles. The number of anilines is 1. The molecule has 1 aromatic carbocycles. The van der Waals surface area contributed by atoms with E-state index in [1.807, 2.05) is 10.9 Å². The second kappa shape index (κ2) is 5.76. The molecule has 4 nitrogen and oxygen atoms in total. The minimum atomic E-state index is 0.332. The highest BCUT2D eigenvalue weighted by atomic mass is 16.5. The van der Waals surface area contributed by atoms with Crippen molar-refractivity contribution in [1.29, 1.82) is 0 Å². The maximum absolute atomic E-state index is 5.68. The highest BCUT2D eigenvalue weighted by Gasteiger charge is 2.29. The molecule has 4 heteroatoms. The lowest BCUT2D eigenvalue weighted by atomic mass is 10.0. The van der Waals surface area contributed by atoms with Crippen LogP contribution >= 0.6 is 0 Å². The Labute approximate surface area is 131 Å². The zero-order valence-corrected chi connectivity index (χ0v) is 13.0. The third-order valence-electron chi connectivity index (χ3n) is 4.87. The first-order valence-corrected chi connectivity index (χ1v) is 8.28. The van der Waals surface area contributed by atoms with Gasteiger partial charge in [0.25, 0.3) is 0 Å². The summed E-state index contributed by atoms with van der Waals surface area (Å²) in [6.45, 7) is 4.07. The Morgan fingerprint density at radius 1 is 1.36 bits per heavy atom. The van der Waals surface area contributed by atoms with E-state index in [-0.39, 0.29) is 0 Å². The van der Waals surface area contributed by atoms with Crippen molar-refractivity contribution in [2.75, 3.05) is 11.9 Å². The Hall–Kier alpha value is -1.81. The van der Waals surface area contributed by atoms with E-state index in [2.05, 4.69) is 47.8 Å². The molecule has 2 aromatic rings. The van der Waals surface area contributed by atoms with Gasteiger partial charge in [0.05, 0.1) is 30.6 Å². The van der Waals surface area contributed by atoms with Crippen LogP contribution in [0.3, 0.4) is 0 Å². The molecule has 116 valence electrons. The number of hydrogen-bond acceptors (Lipinski definition) is 3.